The number of rotatable bonds is 4. The molecule has 0 bridgehead atoms. The fraction of sp³-hybridized carbons (Fsp3) is 0.242. The Labute approximate surface area is 428 Å². The van der Waals surface area contributed by atoms with Gasteiger partial charge in [-0.15, -0.1) is 0 Å². The maximum Gasteiger partial charge on any atom is 0.342 e. The maximum absolute atomic E-state index is 7.44. The first-order valence-electron chi connectivity index (χ1n) is 25.8. The number of hydrogen-bond acceptors (Lipinski definition) is 6. The monoisotopic (exact) mass is 956 g/mol. The normalized spacial score (nSPS) is 13.7. The number of para-hydroxylation sites is 2. The molecule has 4 aromatic heterocycles. The quantitative estimate of drug-likeness (QED) is 0.164. The van der Waals surface area contributed by atoms with Crippen LogP contribution in [0, 0.1) is 27.7 Å². The molecule has 6 nitrogen and oxygen atoms in total. The Morgan fingerprint density at radius 2 is 0.767 bits per heavy atom. The van der Waals surface area contributed by atoms with E-state index in [1.807, 2.05) is 36.8 Å². The Balaban J connectivity index is 1.15. The molecule has 0 saturated carbocycles. The van der Waals surface area contributed by atoms with Crippen molar-refractivity contribution >= 4 is 101 Å². The molecule has 0 aliphatic carbocycles. The lowest BCUT2D eigenvalue weighted by atomic mass is 9.37. The molecule has 2 aliphatic heterocycles. The first-order valence-corrected chi connectivity index (χ1v) is 25.8. The van der Waals surface area contributed by atoms with Crippen LogP contribution >= 0.6 is 0 Å². The molecule has 11 aromatic rings. The zero-order valence-corrected chi connectivity index (χ0v) is 44.3. The van der Waals surface area contributed by atoms with Crippen LogP contribution < -0.4 is 26.6 Å². The molecule has 7 aromatic carbocycles. The van der Waals surface area contributed by atoms with Gasteiger partial charge in [-0.3, -0.25) is 0 Å². The van der Waals surface area contributed by atoms with Gasteiger partial charge in [-0.2, -0.15) is 0 Å². The van der Waals surface area contributed by atoms with Crippen molar-refractivity contribution in [2.75, 3.05) is 9.80 Å². The molecule has 7 heteroatoms. The second-order valence-electron chi connectivity index (χ2n) is 24.0. The number of nitrogens with zero attached hydrogens (tertiary/aromatic N) is 2. The van der Waals surface area contributed by atoms with Crippen molar-refractivity contribution in [1.82, 2.24) is 0 Å². The van der Waals surface area contributed by atoms with Crippen LogP contribution in [0.5, 0.6) is 0 Å². The van der Waals surface area contributed by atoms with Crippen LogP contribution in [-0.2, 0) is 16.2 Å². The Hall–Kier alpha value is -7.64. The summed E-state index contributed by atoms with van der Waals surface area (Å²) in [7, 11) is 0. The number of fused-ring (bicyclic) bond motifs is 10. The predicted octanol–water partition coefficient (Wildman–Crippen LogP) is 17.2. The summed E-state index contributed by atoms with van der Waals surface area (Å²) in [5, 5.41) is 4.38. The molecule has 0 amide bonds. The summed E-state index contributed by atoms with van der Waals surface area (Å²) >= 11 is 0. The van der Waals surface area contributed by atoms with Crippen molar-refractivity contribution in [1.29, 1.82) is 0 Å². The number of anilines is 6. The molecule has 0 atom stereocenters. The third kappa shape index (κ3) is 6.77. The van der Waals surface area contributed by atoms with Gasteiger partial charge in [0.15, 0.2) is 0 Å². The molecule has 0 fully saturated rings. The molecule has 13 rings (SSSR count). The minimum Gasteiger partial charge on any atom is -0.468 e. The van der Waals surface area contributed by atoms with Gasteiger partial charge in [-0.1, -0.05) is 111 Å². The molecule has 0 spiro atoms. The van der Waals surface area contributed by atoms with Gasteiger partial charge in [0.2, 0.25) is 0 Å². The van der Waals surface area contributed by atoms with Crippen LogP contribution in [0.3, 0.4) is 0 Å². The lowest BCUT2D eigenvalue weighted by Crippen LogP contribution is -2.60. The van der Waals surface area contributed by atoms with Crippen LogP contribution in [0.2, 0.25) is 0 Å². The zero-order valence-electron chi connectivity index (χ0n) is 44.3. The van der Waals surface area contributed by atoms with Crippen LogP contribution in [0.15, 0.2) is 152 Å². The molecular weight excluding hydrogens is 896 g/mol. The van der Waals surface area contributed by atoms with Crippen molar-refractivity contribution < 1.29 is 17.7 Å². The number of benzene rings is 7. The van der Waals surface area contributed by atoms with Crippen molar-refractivity contribution in [2.24, 2.45) is 0 Å². The van der Waals surface area contributed by atoms with E-state index in [4.69, 9.17) is 17.7 Å². The van der Waals surface area contributed by atoms with E-state index in [0.29, 0.717) is 0 Å². The van der Waals surface area contributed by atoms with Crippen LogP contribution in [0.1, 0.15) is 101 Å². The fourth-order valence-corrected chi connectivity index (χ4v) is 12.1. The van der Waals surface area contributed by atoms with E-state index in [9.17, 15) is 0 Å². The molecular formula is C66H61BN2O4. The van der Waals surface area contributed by atoms with Gasteiger partial charge in [0.25, 0.3) is 0 Å². The number of hydrogen-bond donors (Lipinski definition) is 0. The lowest BCUT2D eigenvalue weighted by Gasteiger charge is -2.43. The molecule has 0 radical (unpaired) electrons. The van der Waals surface area contributed by atoms with Gasteiger partial charge < -0.3 is 27.5 Å². The van der Waals surface area contributed by atoms with E-state index in [0.717, 1.165) is 139 Å². The molecule has 0 N–H and O–H groups in total. The smallest absolute Gasteiger partial charge is 0.342 e. The van der Waals surface area contributed by atoms with Gasteiger partial charge in [0.1, 0.15) is 33.7 Å². The highest BCUT2D eigenvalue weighted by Crippen LogP contribution is 2.53. The molecule has 0 saturated heterocycles. The van der Waals surface area contributed by atoms with Crippen LogP contribution in [-0.4, -0.2) is 6.71 Å². The summed E-state index contributed by atoms with van der Waals surface area (Å²) < 4.78 is 27.1. The summed E-state index contributed by atoms with van der Waals surface area (Å²) in [5.74, 6) is 0. The van der Waals surface area contributed by atoms with Crippen molar-refractivity contribution in [3.8, 4) is 22.3 Å². The lowest BCUT2D eigenvalue weighted by molar-refractivity contribution is 0.590. The minimum absolute atomic E-state index is 0.0961. The third-order valence-corrected chi connectivity index (χ3v) is 15.9. The molecule has 6 heterocycles. The molecule has 73 heavy (non-hydrogen) atoms. The van der Waals surface area contributed by atoms with E-state index in [1.165, 1.54) is 16.7 Å². The molecule has 362 valence electrons. The Bertz CT molecular complexity index is 3810. The summed E-state index contributed by atoms with van der Waals surface area (Å²) in [4.78, 5) is 5.10. The molecule has 0 unspecified atom stereocenters. The van der Waals surface area contributed by atoms with Crippen molar-refractivity contribution in [3.63, 3.8) is 0 Å². The number of aryl methyl sites for hydroxylation is 4. The summed E-state index contributed by atoms with van der Waals surface area (Å²) in [5.41, 5.74) is 25.4. The van der Waals surface area contributed by atoms with E-state index in [2.05, 4.69) is 197 Å². The van der Waals surface area contributed by atoms with Crippen molar-refractivity contribution in [2.45, 2.75) is 106 Å². The Morgan fingerprint density at radius 3 is 1.15 bits per heavy atom. The average Bonchev–Trinajstić information content (AvgIpc) is 4.14. The third-order valence-electron chi connectivity index (χ3n) is 15.9. The summed E-state index contributed by atoms with van der Waals surface area (Å²) in [6.07, 6.45) is 3.81. The predicted molar refractivity (Wildman–Crippen MR) is 305 cm³/mol. The van der Waals surface area contributed by atoms with Crippen LogP contribution in [0.4, 0.5) is 34.1 Å². The minimum atomic E-state index is -0.359. The highest BCUT2D eigenvalue weighted by Gasteiger charge is 2.51. The van der Waals surface area contributed by atoms with Crippen molar-refractivity contribution in [3.05, 3.63) is 173 Å². The highest BCUT2D eigenvalue weighted by atomic mass is 16.4. The standard InChI is InChI=1S/C66H61BN2O4/c1-36-26-40(49-34-70-53-20-16-14-18-45(49)53)27-37(2)58(36)68-51-32-44(66(11,12)13)33-52-57(51)67(62-60(68)47-30-42(64(5,6)7)22-24-55(47)72-62)63-61(48-31-43(65(8,9)10)23-25-56(48)73-63)69(52)59-38(3)28-41(29-39(59)4)50-35-71-54-21-17-15-19-46(50)54/h14-35H,1-13H3. The average molecular weight is 957 g/mol. The van der Waals surface area contributed by atoms with Gasteiger partial charge in [0.05, 0.1) is 35.3 Å². The topological polar surface area (TPSA) is 59.0 Å². The number of furan rings is 4. The van der Waals surface area contributed by atoms with E-state index in [1.54, 1.807) is 0 Å². The van der Waals surface area contributed by atoms with Gasteiger partial charge in [-0.25, -0.2) is 0 Å². The first-order chi connectivity index (χ1) is 34.7. The highest BCUT2D eigenvalue weighted by molar-refractivity contribution is 6.99. The second kappa shape index (κ2) is 15.4. The zero-order chi connectivity index (χ0) is 50.8. The van der Waals surface area contributed by atoms with Gasteiger partial charge in [0, 0.05) is 44.0 Å². The first kappa shape index (κ1) is 45.2. The summed E-state index contributed by atoms with van der Waals surface area (Å²) in [6, 6.07) is 44.5. The van der Waals surface area contributed by atoms with Gasteiger partial charge >= 0.3 is 6.71 Å². The van der Waals surface area contributed by atoms with Gasteiger partial charge in [-0.05, 0) is 172 Å². The van der Waals surface area contributed by atoms with Crippen LogP contribution in [0.25, 0.3) is 66.1 Å². The van der Waals surface area contributed by atoms with E-state index >= 15 is 0 Å². The second-order valence-corrected chi connectivity index (χ2v) is 24.0. The van der Waals surface area contributed by atoms with E-state index in [-0.39, 0.29) is 23.0 Å². The molecule has 2 aliphatic rings. The SMILES string of the molecule is Cc1cc(-c2coc3ccccc23)cc(C)c1N1c2cc(C(C)(C)C)cc3c2B(c2oc4ccc(C(C)(C)C)cc4c21)c1oc2ccc(C(C)(C)C)cc2c1N3c1c(C)cc(-c2coc3ccccc23)cc1C. The largest absolute Gasteiger partial charge is 0.468 e. The maximum atomic E-state index is 7.44. The fourth-order valence-electron chi connectivity index (χ4n) is 12.1. The Morgan fingerprint density at radius 1 is 0.384 bits per heavy atom. The Kier molecular flexibility index (Phi) is 9.57. The summed E-state index contributed by atoms with van der Waals surface area (Å²) in [6.45, 7) is 29.4. The van der Waals surface area contributed by atoms with E-state index < -0.39 is 0 Å².